The van der Waals surface area contributed by atoms with Crippen LogP contribution in [0.4, 0.5) is 0 Å². The van der Waals surface area contributed by atoms with Gasteiger partial charge in [0.05, 0.1) is 13.2 Å². The van der Waals surface area contributed by atoms with Gasteiger partial charge >= 0.3 is 13.5 Å². The Morgan fingerprint density at radius 1 is 1.24 bits per heavy atom. The molecule has 1 aromatic rings. The van der Waals surface area contributed by atoms with Gasteiger partial charge in [-0.2, -0.15) is 0 Å². The van der Waals surface area contributed by atoms with Crippen molar-refractivity contribution in [1.29, 1.82) is 0 Å². The van der Waals surface area contributed by atoms with E-state index in [4.69, 9.17) is 18.7 Å². The molecule has 1 N–H and O–H groups in total. The lowest BCUT2D eigenvalue weighted by molar-refractivity contribution is -0.149. The molecule has 0 saturated carbocycles. The van der Waals surface area contributed by atoms with Crippen LogP contribution in [0.25, 0.3) is 0 Å². The number of carbonyl (C=O) groups excluding carboxylic acids is 2. The topological polar surface area (TPSA) is 100 Å². The Morgan fingerprint density at radius 2 is 1.92 bits per heavy atom. The standard InChI is InChI=1S/C16H24NO7P/c1-11(2)23-16(19)12(3)17-25(20,10-21-4)24-14-7-6-13(9-18)8-15(14)22-5/h6-9,11-12H,10H2,1-5H3,(H,17,20)/t12-,25?/m0/s1. The van der Waals surface area contributed by atoms with Crippen LogP contribution in [-0.2, 0) is 18.8 Å². The first-order valence-corrected chi connectivity index (χ1v) is 9.44. The van der Waals surface area contributed by atoms with Crippen molar-refractivity contribution in [3.05, 3.63) is 23.8 Å². The van der Waals surface area contributed by atoms with Gasteiger partial charge in [-0.3, -0.25) is 14.2 Å². The summed E-state index contributed by atoms with van der Waals surface area (Å²) < 4.78 is 33.8. The van der Waals surface area contributed by atoms with Crippen LogP contribution in [0.15, 0.2) is 18.2 Å². The molecule has 0 bridgehead atoms. The molecular formula is C16H24NO7P. The number of benzene rings is 1. The minimum atomic E-state index is -3.60. The second-order valence-electron chi connectivity index (χ2n) is 5.55. The van der Waals surface area contributed by atoms with E-state index in [1.54, 1.807) is 13.8 Å². The Balaban J connectivity index is 3.00. The number of ether oxygens (including phenoxy) is 3. The fourth-order valence-corrected chi connectivity index (χ4v) is 3.62. The minimum Gasteiger partial charge on any atom is -0.493 e. The summed E-state index contributed by atoms with van der Waals surface area (Å²) in [6.07, 6.45) is 0.0872. The fraction of sp³-hybridized carbons (Fsp3) is 0.500. The van der Waals surface area contributed by atoms with Crippen LogP contribution < -0.4 is 14.3 Å². The number of nitrogens with one attached hydrogen (secondary N) is 1. The number of hydrogen-bond acceptors (Lipinski definition) is 7. The van der Waals surface area contributed by atoms with E-state index in [9.17, 15) is 14.2 Å². The molecule has 2 atom stereocenters. The third kappa shape index (κ3) is 6.49. The number of hydrogen-bond donors (Lipinski definition) is 1. The van der Waals surface area contributed by atoms with Crippen molar-refractivity contribution in [1.82, 2.24) is 5.09 Å². The van der Waals surface area contributed by atoms with Crippen LogP contribution in [-0.4, -0.2) is 45.0 Å². The molecule has 0 aliphatic heterocycles. The van der Waals surface area contributed by atoms with Gasteiger partial charge in [0.15, 0.2) is 11.5 Å². The van der Waals surface area contributed by atoms with Gasteiger partial charge in [0.2, 0.25) is 0 Å². The molecule has 9 heteroatoms. The highest BCUT2D eigenvalue weighted by atomic mass is 31.2. The first-order valence-electron chi connectivity index (χ1n) is 7.63. The lowest BCUT2D eigenvalue weighted by Gasteiger charge is -2.24. The quantitative estimate of drug-likeness (QED) is 0.379. The maximum atomic E-state index is 13.0. The lowest BCUT2D eigenvalue weighted by atomic mass is 10.2. The third-order valence-corrected chi connectivity index (χ3v) is 4.83. The summed E-state index contributed by atoms with van der Waals surface area (Å²) >= 11 is 0. The van der Waals surface area contributed by atoms with E-state index in [1.165, 1.54) is 39.3 Å². The van der Waals surface area contributed by atoms with Crippen molar-refractivity contribution < 1.29 is 32.9 Å². The van der Waals surface area contributed by atoms with E-state index < -0.39 is 19.5 Å². The Kier molecular flexibility index (Phi) is 8.09. The van der Waals surface area contributed by atoms with Gasteiger partial charge in [-0.1, -0.05) is 0 Å². The maximum Gasteiger partial charge on any atom is 0.342 e. The molecule has 0 spiro atoms. The van der Waals surface area contributed by atoms with E-state index in [0.29, 0.717) is 11.8 Å². The number of aldehydes is 1. The van der Waals surface area contributed by atoms with E-state index in [-0.39, 0.29) is 24.0 Å². The van der Waals surface area contributed by atoms with Crippen molar-refractivity contribution in [2.45, 2.75) is 32.9 Å². The summed E-state index contributed by atoms with van der Waals surface area (Å²) in [4.78, 5) is 22.8. The van der Waals surface area contributed by atoms with Gasteiger partial charge in [0, 0.05) is 12.7 Å². The smallest absolute Gasteiger partial charge is 0.342 e. The average molecular weight is 373 g/mol. The molecule has 1 rings (SSSR count). The molecule has 0 fully saturated rings. The number of carbonyl (C=O) groups is 2. The zero-order valence-electron chi connectivity index (χ0n) is 15.0. The van der Waals surface area contributed by atoms with E-state index in [0.717, 1.165) is 0 Å². The SMILES string of the molecule is COCP(=O)(N[C@@H](C)C(=O)OC(C)C)Oc1ccc(C=O)cc1OC. The predicted molar refractivity (Wildman–Crippen MR) is 92.3 cm³/mol. The molecule has 1 aromatic carbocycles. The molecule has 0 radical (unpaired) electrons. The molecule has 0 amide bonds. The highest BCUT2D eigenvalue weighted by Gasteiger charge is 2.31. The van der Waals surface area contributed by atoms with Crippen LogP contribution in [0.1, 0.15) is 31.1 Å². The predicted octanol–water partition coefficient (Wildman–Crippen LogP) is 2.61. The van der Waals surface area contributed by atoms with E-state index in [2.05, 4.69) is 5.09 Å². The summed E-state index contributed by atoms with van der Waals surface area (Å²) in [7, 11) is -0.840. The largest absolute Gasteiger partial charge is 0.493 e. The average Bonchev–Trinajstić information content (AvgIpc) is 2.54. The van der Waals surface area contributed by atoms with Crippen LogP contribution in [0.5, 0.6) is 11.5 Å². The summed E-state index contributed by atoms with van der Waals surface area (Å²) in [5.41, 5.74) is 0.382. The molecule has 0 aliphatic carbocycles. The number of rotatable bonds is 10. The van der Waals surface area contributed by atoms with Gasteiger partial charge in [0.25, 0.3) is 0 Å². The molecule has 1 unspecified atom stereocenters. The molecule has 0 aromatic heterocycles. The first kappa shape index (κ1) is 21.2. The van der Waals surface area contributed by atoms with Crippen molar-refractivity contribution in [2.24, 2.45) is 0 Å². The Labute approximate surface area is 147 Å². The molecule has 0 saturated heterocycles. The molecule has 0 aliphatic rings. The summed E-state index contributed by atoms with van der Waals surface area (Å²) in [6, 6.07) is 3.54. The number of methoxy groups -OCH3 is 2. The van der Waals surface area contributed by atoms with Crippen molar-refractivity contribution in [3.8, 4) is 11.5 Å². The Morgan fingerprint density at radius 3 is 2.44 bits per heavy atom. The normalized spacial score (nSPS) is 14.5. The van der Waals surface area contributed by atoms with Gasteiger partial charge < -0.3 is 18.7 Å². The Hall–Kier alpha value is -1.89. The molecule has 8 nitrogen and oxygen atoms in total. The first-order chi connectivity index (χ1) is 11.7. The van der Waals surface area contributed by atoms with Gasteiger partial charge in [-0.15, -0.1) is 0 Å². The highest BCUT2D eigenvalue weighted by molar-refractivity contribution is 7.57. The maximum absolute atomic E-state index is 13.0. The second kappa shape index (κ2) is 9.56. The van der Waals surface area contributed by atoms with Crippen molar-refractivity contribution in [3.63, 3.8) is 0 Å². The summed E-state index contributed by atoms with van der Waals surface area (Å²) in [5.74, 6) is -0.163. The van der Waals surface area contributed by atoms with Gasteiger partial charge in [-0.25, -0.2) is 5.09 Å². The molecule has 140 valence electrons. The van der Waals surface area contributed by atoms with Crippen LogP contribution in [0.3, 0.4) is 0 Å². The minimum absolute atomic E-state index is 0.158. The molecule has 25 heavy (non-hydrogen) atoms. The second-order valence-corrected chi connectivity index (χ2v) is 7.59. The van der Waals surface area contributed by atoms with E-state index >= 15 is 0 Å². The molecule has 0 heterocycles. The van der Waals surface area contributed by atoms with Crippen LogP contribution in [0, 0.1) is 0 Å². The van der Waals surface area contributed by atoms with Gasteiger partial charge in [0.1, 0.15) is 18.7 Å². The van der Waals surface area contributed by atoms with Crippen LogP contribution in [0.2, 0.25) is 0 Å². The fourth-order valence-electron chi connectivity index (χ4n) is 1.93. The lowest BCUT2D eigenvalue weighted by Crippen LogP contribution is -2.36. The van der Waals surface area contributed by atoms with Gasteiger partial charge in [-0.05, 0) is 39.0 Å². The van der Waals surface area contributed by atoms with E-state index in [1.807, 2.05) is 0 Å². The Bertz CT molecular complexity index is 647. The van der Waals surface area contributed by atoms with Crippen molar-refractivity contribution in [2.75, 3.05) is 20.6 Å². The zero-order chi connectivity index (χ0) is 19.0. The molecular weight excluding hydrogens is 349 g/mol. The third-order valence-electron chi connectivity index (χ3n) is 2.96. The monoisotopic (exact) mass is 373 g/mol. The zero-order valence-corrected chi connectivity index (χ0v) is 15.9. The van der Waals surface area contributed by atoms with Crippen molar-refractivity contribution >= 4 is 19.8 Å². The number of esters is 1. The highest BCUT2D eigenvalue weighted by Crippen LogP contribution is 2.46. The van der Waals surface area contributed by atoms with Crippen LogP contribution >= 0.6 is 7.52 Å². The summed E-state index contributed by atoms with van der Waals surface area (Å²) in [5, 5.41) is 2.64. The summed E-state index contributed by atoms with van der Waals surface area (Å²) in [6.45, 7) is 4.95.